The molecular weight excluding hydrogens is 280 g/mol. The monoisotopic (exact) mass is 296 g/mol. The van der Waals surface area contributed by atoms with Gasteiger partial charge in [-0.05, 0) is 40.4 Å². The molecule has 0 heterocycles. The minimum atomic E-state index is -1.07. The van der Waals surface area contributed by atoms with Crippen LogP contribution in [0.25, 0.3) is 10.8 Å². The highest BCUT2D eigenvalue weighted by molar-refractivity contribution is 8.01. The molecular formula is C16H16N2SSi. The largest absolute Gasteiger partial charge is 0.192 e. The summed E-state index contributed by atoms with van der Waals surface area (Å²) in [6.07, 6.45) is 0. The van der Waals surface area contributed by atoms with E-state index in [0.29, 0.717) is 11.1 Å². The molecule has 2 aromatic carbocycles. The molecule has 4 heteroatoms. The van der Waals surface area contributed by atoms with Gasteiger partial charge in [0.05, 0.1) is 19.2 Å². The summed E-state index contributed by atoms with van der Waals surface area (Å²) in [5.41, 5.74) is 0.898. The highest BCUT2D eigenvalue weighted by Crippen LogP contribution is 2.27. The normalized spacial score (nSPS) is 11.1. The Morgan fingerprint density at radius 3 is 2.10 bits per heavy atom. The topological polar surface area (TPSA) is 47.6 Å². The third kappa shape index (κ3) is 3.42. The van der Waals surface area contributed by atoms with Crippen molar-refractivity contribution in [2.45, 2.75) is 24.5 Å². The third-order valence-corrected chi connectivity index (χ3v) is 7.49. The first kappa shape index (κ1) is 14.7. The van der Waals surface area contributed by atoms with Gasteiger partial charge in [0.25, 0.3) is 0 Å². The molecule has 20 heavy (non-hydrogen) atoms. The number of hydrogen-bond acceptors (Lipinski definition) is 3. The van der Waals surface area contributed by atoms with Crippen molar-refractivity contribution in [3.63, 3.8) is 0 Å². The summed E-state index contributed by atoms with van der Waals surface area (Å²) in [6, 6.07) is 14.0. The maximum absolute atomic E-state index is 9.09. The summed E-state index contributed by atoms with van der Waals surface area (Å²) < 4.78 is 0. The molecule has 0 aliphatic carbocycles. The first-order valence-electron chi connectivity index (χ1n) is 6.44. The predicted molar refractivity (Wildman–Crippen MR) is 87.4 cm³/mol. The van der Waals surface area contributed by atoms with Gasteiger partial charge >= 0.3 is 0 Å². The van der Waals surface area contributed by atoms with E-state index in [1.54, 1.807) is 6.07 Å². The van der Waals surface area contributed by atoms with E-state index in [4.69, 9.17) is 10.5 Å². The van der Waals surface area contributed by atoms with Crippen LogP contribution in [0.1, 0.15) is 11.1 Å². The Bertz CT molecular complexity index is 733. The van der Waals surface area contributed by atoms with Crippen LogP contribution in [-0.4, -0.2) is 13.5 Å². The Kier molecular flexibility index (Phi) is 4.18. The molecule has 2 aromatic rings. The van der Waals surface area contributed by atoms with Crippen LogP contribution in [0.2, 0.25) is 19.6 Å². The van der Waals surface area contributed by atoms with Gasteiger partial charge in [-0.15, -0.1) is 11.8 Å². The van der Waals surface area contributed by atoms with Crippen LogP contribution in [0.3, 0.4) is 0 Å². The summed E-state index contributed by atoms with van der Waals surface area (Å²) in [7, 11) is -1.07. The summed E-state index contributed by atoms with van der Waals surface area (Å²) in [5.74, 6) is 0. The number of fused-ring (bicyclic) bond motifs is 1. The molecule has 0 atom stereocenters. The molecule has 100 valence electrons. The molecule has 0 bridgehead atoms. The van der Waals surface area contributed by atoms with Gasteiger partial charge in [-0.2, -0.15) is 10.5 Å². The fourth-order valence-corrected chi connectivity index (χ4v) is 4.62. The van der Waals surface area contributed by atoms with Crippen LogP contribution in [0.5, 0.6) is 0 Å². The molecule has 0 aliphatic rings. The molecule has 0 aromatic heterocycles. The minimum Gasteiger partial charge on any atom is -0.192 e. The molecule has 0 saturated heterocycles. The van der Waals surface area contributed by atoms with Crippen molar-refractivity contribution in [2.24, 2.45) is 0 Å². The van der Waals surface area contributed by atoms with Crippen molar-refractivity contribution < 1.29 is 0 Å². The van der Waals surface area contributed by atoms with Crippen LogP contribution in [0.15, 0.2) is 35.2 Å². The number of thioether (sulfide) groups is 1. The summed E-state index contributed by atoms with van der Waals surface area (Å²) in [5, 5.41) is 21.3. The summed E-state index contributed by atoms with van der Waals surface area (Å²) in [4.78, 5) is 1.23. The fourth-order valence-electron chi connectivity index (χ4n) is 1.85. The average molecular weight is 296 g/mol. The first-order valence-corrected chi connectivity index (χ1v) is 11.1. The van der Waals surface area contributed by atoms with E-state index in [9.17, 15) is 0 Å². The quantitative estimate of drug-likeness (QED) is 0.616. The zero-order valence-electron chi connectivity index (χ0n) is 11.9. The Labute approximate surface area is 125 Å². The van der Waals surface area contributed by atoms with Gasteiger partial charge in [0.15, 0.2) is 0 Å². The second kappa shape index (κ2) is 5.71. The standard InChI is InChI=1S/C16H16N2SSi/c1-20(2,3)11-19-16-5-4-12-6-14(9-17)15(10-18)7-13(12)8-16/h4-8H,11H2,1-3H3. The van der Waals surface area contributed by atoms with Gasteiger partial charge in [-0.1, -0.05) is 25.7 Å². The number of hydrogen-bond donors (Lipinski definition) is 0. The Hall–Kier alpha value is -1.75. The number of benzene rings is 2. The molecule has 0 aliphatic heterocycles. The van der Waals surface area contributed by atoms with Gasteiger partial charge in [0, 0.05) is 4.90 Å². The SMILES string of the molecule is C[Si](C)(C)CSc1ccc2cc(C#N)c(C#N)cc2c1. The van der Waals surface area contributed by atoms with Crippen LogP contribution in [0, 0.1) is 22.7 Å². The van der Waals surface area contributed by atoms with Crippen molar-refractivity contribution >= 4 is 30.6 Å². The zero-order chi connectivity index (χ0) is 14.8. The lowest BCUT2D eigenvalue weighted by atomic mass is 10.0. The maximum Gasteiger partial charge on any atom is 0.101 e. The van der Waals surface area contributed by atoms with Crippen molar-refractivity contribution in [3.05, 3.63) is 41.5 Å². The van der Waals surface area contributed by atoms with Crippen LogP contribution < -0.4 is 0 Å². The van der Waals surface area contributed by atoms with E-state index in [1.807, 2.05) is 23.9 Å². The van der Waals surface area contributed by atoms with Crippen LogP contribution in [0.4, 0.5) is 0 Å². The Morgan fingerprint density at radius 2 is 1.55 bits per heavy atom. The zero-order valence-corrected chi connectivity index (χ0v) is 13.7. The minimum absolute atomic E-state index is 0.447. The highest BCUT2D eigenvalue weighted by Gasteiger charge is 2.13. The van der Waals surface area contributed by atoms with Gasteiger partial charge in [0.2, 0.25) is 0 Å². The molecule has 0 amide bonds. The number of nitrogens with zero attached hydrogens (tertiary/aromatic N) is 2. The predicted octanol–water partition coefficient (Wildman–Crippen LogP) is 4.55. The average Bonchev–Trinajstić information content (AvgIpc) is 2.42. The smallest absolute Gasteiger partial charge is 0.101 e. The van der Waals surface area contributed by atoms with Crippen molar-refractivity contribution in [1.29, 1.82) is 10.5 Å². The number of rotatable bonds is 3. The lowest BCUT2D eigenvalue weighted by Gasteiger charge is -2.15. The second-order valence-corrected chi connectivity index (χ2v) is 13.0. The lowest BCUT2D eigenvalue weighted by molar-refractivity contribution is 1.43. The van der Waals surface area contributed by atoms with Crippen molar-refractivity contribution in [1.82, 2.24) is 0 Å². The number of nitriles is 2. The van der Waals surface area contributed by atoms with Crippen molar-refractivity contribution in [2.75, 3.05) is 5.38 Å². The second-order valence-electron chi connectivity index (χ2n) is 5.98. The lowest BCUT2D eigenvalue weighted by Crippen LogP contribution is -2.23. The molecule has 0 spiro atoms. The van der Waals surface area contributed by atoms with E-state index in [1.165, 1.54) is 10.3 Å². The molecule has 0 unspecified atom stereocenters. The molecule has 0 fully saturated rings. The van der Waals surface area contributed by atoms with Crippen LogP contribution in [-0.2, 0) is 0 Å². The molecule has 0 N–H and O–H groups in total. The van der Waals surface area contributed by atoms with Gasteiger partial charge in [-0.25, -0.2) is 0 Å². The van der Waals surface area contributed by atoms with Crippen molar-refractivity contribution in [3.8, 4) is 12.1 Å². The van der Waals surface area contributed by atoms with E-state index >= 15 is 0 Å². The molecule has 0 saturated carbocycles. The fraction of sp³-hybridized carbons (Fsp3) is 0.250. The van der Waals surface area contributed by atoms with E-state index in [2.05, 4.69) is 43.9 Å². The molecule has 0 radical (unpaired) electrons. The highest BCUT2D eigenvalue weighted by atomic mass is 32.2. The third-order valence-electron chi connectivity index (χ3n) is 2.86. The molecule has 2 rings (SSSR count). The van der Waals surface area contributed by atoms with E-state index < -0.39 is 8.07 Å². The van der Waals surface area contributed by atoms with Gasteiger partial charge in [-0.3, -0.25) is 0 Å². The van der Waals surface area contributed by atoms with Gasteiger partial charge < -0.3 is 0 Å². The molecule has 2 nitrogen and oxygen atoms in total. The summed E-state index contributed by atoms with van der Waals surface area (Å²) >= 11 is 1.88. The Morgan fingerprint density at radius 1 is 0.950 bits per heavy atom. The van der Waals surface area contributed by atoms with Gasteiger partial charge in [0.1, 0.15) is 12.1 Å². The van der Waals surface area contributed by atoms with E-state index in [0.717, 1.165) is 10.8 Å². The maximum atomic E-state index is 9.09. The Balaban J connectivity index is 2.40. The van der Waals surface area contributed by atoms with E-state index in [-0.39, 0.29) is 0 Å². The van der Waals surface area contributed by atoms with Crippen LogP contribution >= 0.6 is 11.8 Å². The summed E-state index contributed by atoms with van der Waals surface area (Å²) in [6.45, 7) is 7.07. The first-order chi connectivity index (χ1) is 9.43.